The molecule has 1 aliphatic rings. The summed E-state index contributed by atoms with van der Waals surface area (Å²) in [6, 6.07) is 6.99. The lowest BCUT2D eigenvalue weighted by Crippen LogP contribution is -2.33. The smallest absolute Gasteiger partial charge is 0.240 e. The number of rotatable bonds is 6. The minimum atomic E-state index is -3.63. The number of hydrogen-bond donors (Lipinski definition) is 1. The van der Waals surface area contributed by atoms with Crippen molar-refractivity contribution in [3.05, 3.63) is 42.2 Å². The predicted octanol–water partition coefficient (Wildman–Crippen LogP) is 1.72. The third kappa shape index (κ3) is 4.77. The van der Waals surface area contributed by atoms with Gasteiger partial charge in [-0.25, -0.2) is 17.8 Å². The molecule has 1 N–H and O–H groups in total. The zero-order chi connectivity index (χ0) is 20.4. The lowest BCUT2D eigenvalue weighted by atomic mass is 9.87. The lowest BCUT2D eigenvalue weighted by Gasteiger charge is -2.19. The van der Waals surface area contributed by atoms with E-state index < -0.39 is 10.0 Å². The number of sulfonamides is 1. The molecule has 1 amide bonds. The molecular weight excluding hydrogens is 378 g/mol. The molecule has 0 bridgehead atoms. The van der Waals surface area contributed by atoms with E-state index in [1.54, 1.807) is 34.1 Å². The summed E-state index contributed by atoms with van der Waals surface area (Å²) in [7, 11) is -3.63. The maximum absolute atomic E-state index is 12.4. The largest absolute Gasteiger partial charge is 0.340 e. The van der Waals surface area contributed by atoms with Gasteiger partial charge >= 0.3 is 0 Å². The van der Waals surface area contributed by atoms with Crippen molar-refractivity contribution in [2.45, 2.75) is 50.0 Å². The average Bonchev–Trinajstić information content (AvgIpc) is 3.32. The summed E-state index contributed by atoms with van der Waals surface area (Å²) in [4.78, 5) is 14.3. The van der Waals surface area contributed by atoms with Crippen molar-refractivity contribution in [2.24, 2.45) is 0 Å². The first-order chi connectivity index (χ1) is 13.2. The van der Waals surface area contributed by atoms with Gasteiger partial charge in [-0.2, -0.15) is 0 Å². The van der Waals surface area contributed by atoms with Gasteiger partial charge < -0.3 is 4.90 Å². The molecule has 0 unspecified atom stereocenters. The van der Waals surface area contributed by atoms with E-state index in [2.05, 4.69) is 35.8 Å². The molecule has 2 heterocycles. The predicted molar refractivity (Wildman–Crippen MR) is 105 cm³/mol. The Kier molecular flexibility index (Phi) is 5.85. The normalized spacial score (nSPS) is 17.8. The van der Waals surface area contributed by atoms with E-state index in [0.29, 0.717) is 13.1 Å². The Hall–Kier alpha value is -2.26. The maximum atomic E-state index is 12.4. The Balaban J connectivity index is 1.50. The number of amides is 1. The fraction of sp³-hybridized carbons (Fsp3) is 0.526. The van der Waals surface area contributed by atoms with Gasteiger partial charge in [0.05, 0.1) is 17.1 Å². The average molecular weight is 406 g/mol. The fourth-order valence-corrected chi connectivity index (χ4v) is 4.30. The summed E-state index contributed by atoms with van der Waals surface area (Å²) in [6.07, 6.45) is 4.36. The Morgan fingerprint density at radius 1 is 1.25 bits per heavy atom. The SMILES string of the molecule is CC(C)(C)c1ccc(S(=O)(=O)NCCC(=O)N2CC[C@H](n3ccnn3)C2)cc1. The zero-order valence-electron chi connectivity index (χ0n) is 16.5. The Morgan fingerprint density at radius 2 is 1.96 bits per heavy atom. The minimum absolute atomic E-state index is 0.0397. The van der Waals surface area contributed by atoms with E-state index >= 15 is 0 Å². The number of aromatic nitrogens is 3. The van der Waals surface area contributed by atoms with E-state index in [1.165, 1.54) is 0 Å². The summed E-state index contributed by atoms with van der Waals surface area (Å²) < 4.78 is 29.2. The van der Waals surface area contributed by atoms with E-state index in [4.69, 9.17) is 0 Å². The second kappa shape index (κ2) is 8.00. The number of nitrogens with zero attached hydrogens (tertiary/aromatic N) is 4. The number of benzene rings is 1. The van der Waals surface area contributed by atoms with Crippen LogP contribution in [-0.2, 0) is 20.2 Å². The van der Waals surface area contributed by atoms with Crippen LogP contribution < -0.4 is 4.72 Å². The van der Waals surface area contributed by atoms with Gasteiger partial charge in [0.25, 0.3) is 0 Å². The molecule has 0 saturated carbocycles. The first kappa shape index (κ1) is 20.5. The molecule has 1 fully saturated rings. The van der Waals surface area contributed by atoms with Gasteiger partial charge in [0.1, 0.15) is 0 Å². The fourth-order valence-electron chi connectivity index (χ4n) is 3.26. The highest BCUT2D eigenvalue weighted by Crippen LogP contribution is 2.23. The molecule has 1 aliphatic heterocycles. The standard InChI is InChI=1S/C19H27N5O3S/c1-19(2,3)15-4-6-17(7-5-15)28(26,27)21-10-8-18(25)23-12-9-16(14-23)24-13-11-20-22-24/h4-7,11,13,16,21H,8-10,12,14H2,1-3H3/t16-/m0/s1. The van der Waals surface area contributed by atoms with Gasteiger partial charge in [-0.3, -0.25) is 4.79 Å². The Labute approximate surface area is 166 Å². The Bertz CT molecular complexity index is 902. The monoisotopic (exact) mass is 405 g/mol. The van der Waals surface area contributed by atoms with Gasteiger partial charge in [0, 0.05) is 32.3 Å². The molecular formula is C19H27N5O3S. The number of carbonyl (C=O) groups is 1. The van der Waals surface area contributed by atoms with Crippen LogP contribution in [-0.4, -0.2) is 53.9 Å². The van der Waals surface area contributed by atoms with Crippen molar-refractivity contribution in [1.82, 2.24) is 24.6 Å². The number of nitrogens with one attached hydrogen (secondary N) is 1. The first-order valence-corrected chi connectivity index (χ1v) is 10.9. The van der Waals surface area contributed by atoms with Crippen LogP contribution in [0.25, 0.3) is 0 Å². The summed E-state index contributed by atoms with van der Waals surface area (Å²) in [6.45, 7) is 7.52. The van der Waals surface area contributed by atoms with Gasteiger partial charge in [0.15, 0.2) is 0 Å². The molecule has 8 nitrogen and oxygen atoms in total. The van der Waals surface area contributed by atoms with Crippen molar-refractivity contribution < 1.29 is 13.2 Å². The van der Waals surface area contributed by atoms with Crippen molar-refractivity contribution >= 4 is 15.9 Å². The van der Waals surface area contributed by atoms with Crippen LogP contribution in [0.1, 0.15) is 45.2 Å². The van der Waals surface area contributed by atoms with Gasteiger partial charge in [-0.05, 0) is 29.5 Å². The highest BCUT2D eigenvalue weighted by Gasteiger charge is 2.27. The lowest BCUT2D eigenvalue weighted by molar-refractivity contribution is -0.130. The molecule has 2 aromatic rings. The highest BCUT2D eigenvalue weighted by atomic mass is 32.2. The van der Waals surface area contributed by atoms with Crippen molar-refractivity contribution in [3.63, 3.8) is 0 Å². The van der Waals surface area contributed by atoms with E-state index in [1.807, 2.05) is 12.1 Å². The number of likely N-dealkylation sites (tertiary alicyclic amines) is 1. The van der Waals surface area contributed by atoms with E-state index in [0.717, 1.165) is 12.0 Å². The molecule has 1 atom stereocenters. The van der Waals surface area contributed by atoms with Crippen LogP contribution in [0.2, 0.25) is 0 Å². The molecule has 152 valence electrons. The molecule has 0 spiro atoms. The van der Waals surface area contributed by atoms with Gasteiger partial charge in [0.2, 0.25) is 15.9 Å². The molecule has 0 radical (unpaired) electrons. The molecule has 1 aromatic carbocycles. The quantitative estimate of drug-likeness (QED) is 0.789. The van der Waals surface area contributed by atoms with Crippen LogP contribution in [0.15, 0.2) is 41.6 Å². The van der Waals surface area contributed by atoms with Crippen molar-refractivity contribution in [3.8, 4) is 0 Å². The van der Waals surface area contributed by atoms with Crippen LogP contribution in [0.3, 0.4) is 0 Å². The number of hydrogen-bond acceptors (Lipinski definition) is 5. The second-order valence-electron chi connectivity index (χ2n) is 8.09. The second-order valence-corrected chi connectivity index (χ2v) is 9.85. The van der Waals surface area contributed by atoms with E-state index in [-0.39, 0.29) is 35.2 Å². The molecule has 1 aromatic heterocycles. The molecule has 28 heavy (non-hydrogen) atoms. The first-order valence-electron chi connectivity index (χ1n) is 9.40. The minimum Gasteiger partial charge on any atom is -0.340 e. The summed E-state index contributed by atoms with van der Waals surface area (Å²) in [5, 5.41) is 7.77. The molecule has 9 heteroatoms. The summed E-state index contributed by atoms with van der Waals surface area (Å²) >= 11 is 0. The van der Waals surface area contributed by atoms with E-state index in [9.17, 15) is 13.2 Å². The summed E-state index contributed by atoms with van der Waals surface area (Å²) in [5.74, 6) is -0.0617. The van der Waals surface area contributed by atoms with Crippen LogP contribution >= 0.6 is 0 Å². The zero-order valence-corrected chi connectivity index (χ0v) is 17.3. The topological polar surface area (TPSA) is 97.2 Å². The third-order valence-electron chi connectivity index (χ3n) is 4.99. The molecule has 0 aliphatic carbocycles. The maximum Gasteiger partial charge on any atom is 0.240 e. The van der Waals surface area contributed by atoms with Gasteiger partial charge in [-0.1, -0.05) is 38.1 Å². The number of carbonyl (C=O) groups excluding carboxylic acids is 1. The van der Waals surface area contributed by atoms with Gasteiger partial charge in [-0.15, -0.1) is 5.10 Å². The third-order valence-corrected chi connectivity index (χ3v) is 6.47. The van der Waals surface area contributed by atoms with Crippen LogP contribution in [0.4, 0.5) is 0 Å². The van der Waals surface area contributed by atoms with Crippen LogP contribution in [0, 0.1) is 0 Å². The molecule has 1 saturated heterocycles. The van der Waals surface area contributed by atoms with Crippen molar-refractivity contribution in [1.29, 1.82) is 0 Å². The molecule has 3 rings (SSSR count). The highest BCUT2D eigenvalue weighted by molar-refractivity contribution is 7.89. The van der Waals surface area contributed by atoms with Crippen LogP contribution in [0.5, 0.6) is 0 Å². The Morgan fingerprint density at radius 3 is 2.57 bits per heavy atom. The van der Waals surface area contributed by atoms with Crippen molar-refractivity contribution in [2.75, 3.05) is 19.6 Å². The summed E-state index contributed by atoms with van der Waals surface area (Å²) in [5.41, 5.74) is 1.03.